The predicted octanol–water partition coefficient (Wildman–Crippen LogP) is 2.46. The molecule has 1 fully saturated rings. The molecule has 2 rings (SSSR count). The normalized spacial score (nSPS) is 23.1. The van der Waals surface area contributed by atoms with E-state index in [1.54, 1.807) is 12.1 Å². The summed E-state index contributed by atoms with van der Waals surface area (Å²) < 4.78 is 6.84. The molecule has 104 valence electrons. The van der Waals surface area contributed by atoms with Gasteiger partial charge in [0.2, 0.25) is 0 Å². The summed E-state index contributed by atoms with van der Waals surface area (Å²) in [5.41, 5.74) is 5.83. The van der Waals surface area contributed by atoms with Crippen LogP contribution in [0.3, 0.4) is 0 Å². The molecule has 0 bridgehead atoms. The van der Waals surface area contributed by atoms with Crippen molar-refractivity contribution < 1.29 is 9.53 Å². The largest absolute Gasteiger partial charge is 0.488 e. The second-order valence-corrected chi connectivity index (χ2v) is 5.76. The zero-order chi connectivity index (χ0) is 13.8. The Hall–Kier alpha value is -1.07. The quantitative estimate of drug-likeness (QED) is 0.893. The van der Waals surface area contributed by atoms with E-state index in [9.17, 15) is 4.79 Å². The van der Waals surface area contributed by atoms with Crippen molar-refractivity contribution in [1.82, 2.24) is 5.32 Å². The molecule has 1 aliphatic carbocycles. The summed E-state index contributed by atoms with van der Waals surface area (Å²) in [6, 6.07) is 5.69. The lowest BCUT2D eigenvalue weighted by molar-refractivity contribution is 0.0970. The number of amides is 1. The number of rotatable bonds is 4. The van der Waals surface area contributed by atoms with Crippen LogP contribution in [0.5, 0.6) is 5.75 Å². The van der Waals surface area contributed by atoms with Gasteiger partial charge in [0.25, 0.3) is 5.91 Å². The van der Waals surface area contributed by atoms with Gasteiger partial charge < -0.3 is 15.8 Å². The van der Waals surface area contributed by atoms with Gasteiger partial charge in [0.05, 0.1) is 5.56 Å². The summed E-state index contributed by atoms with van der Waals surface area (Å²) in [5, 5.41) is 3.28. The molecule has 0 heterocycles. The Labute approximate surface area is 121 Å². The summed E-state index contributed by atoms with van der Waals surface area (Å²) in [6.07, 6.45) is 4.57. The lowest BCUT2D eigenvalue weighted by Gasteiger charge is -2.32. The van der Waals surface area contributed by atoms with Crippen LogP contribution >= 0.6 is 15.9 Å². The van der Waals surface area contributed by atoms with Crippen LogP contribution in [0.2, 0.25) is 0 Å². The minimum atomic E-state index is -0.465. The van der Waals surface area contributed by atoms with Gasteiger partial charge in [0.15, 0.2) is 0 Å². The molecule has 19 heavy (non-hydrogen) atoms. The number of nitrogens with two attached hydrogens (primary N) is 1. The molecular formula is C14H19BrN2O2. The number of likely N-dealkylation sites (N-methyl/N-ethyl adjacent to an activating group) is 1. The maximum Gasteiger partial charge on any atom is 0.252 e. The number of hydrogen-bond acceptors (Lipinski definition) is 3. The highest BCUT2D eigenvalue weighted by atomic mass is 79.9. The van der Waals surface area contributed by atoms with Gasteiger partial charge in [-0.1, -0.05) is 22.4 Å². The van der Waals surface area contributed by atoms with Crippen molar-refractivity contribution in [2.24, 2.45) is 5.73 Å². The molecule has 4 nitrogen and oxygen atoms in total. The van der Waals surface area contributed by atoms with Gasteiger partial charge in [-0.2, -0.15) is 0 Å². The van der Waals surface area contributed by atoms with Crippen LogP contribution < -0.4 is 15.8 Å². The molecule has 0 spiro atoms. The highest BCUT2D eigenvalue weighted by Crippen LogP contribution is 2.28. The molecule has 1 saturated carbocycles. The molecule has 3 N–H and O–H groups in total. The Morgan fingerprint density at radius 2 is 2.16 bits per heavy atom. The smallest absolute Gasteiger partial charge is 0.252 e. The predicted molar refractivity (Wildman–Crippen MR) is 78.4 cm³/mol. The number of primary amides is 1. The molecule has 1 amide bonds. The van der Waals surface area contributed by atoms with E-state index in [-0.39, 0.29) is 6.10 Å². The fourth-order valence-corrected chi connectivity index (χ4v) is 2.89. The molecule has 0 saturated heterocycles. The van der Waals surface area contributed by atoms with Crippen molar-refractivity contribution in [1.29, 1.82) is 0 Å². The Bertz CT molecular complexity index is 465. The number of halogens is 1. The molecule has 0 radical (unpaired) electrons. The van der Waals surface area contributed by atoms with Crippen LogP contribution in [0.15, 0.2) is 22.7 Å². The van der Waals surface area contributed by atoms with Crippen molar-refractivity contribution >= 4 is 21.8 Å². The van der Waals surface area contributed by atoms with Crippen LogP contribution in [-0.4, -0.2) is 25.1 Å². The average molecular weight is 327 g/mol. The van der Waals surface area contributed by atoms with E-state index in [2.05, 4.69) is 21.2 Å². The van der Waals surface area contributed by atoms with E-state index >= 15 is 0 Å². The monoisotopic (exact) mass is 326 g/mol. The topological polar surface area (TPSA) is 64.3 Å². The summed E-state index contributed by atoms with van der Waals surface area (Å²) >= 11 is 3.34. The van der Waals surface area contributed by atoms with E-state index in [4.69, 9.17) is 10.5 Å². The number of benzene rings is 1. The number of nitrogens with one attached hydrogen (secondary N) is 1. The first-order valence-corrected chi connectivity index (χ1v) is 7.34. The average Bonchev–Trinajstić information content (AvgIpc) is 2.41. The minimum absolute atomic E-state index is 0.0954. The van der Waals surface area contributed by atoms with E-state index in [0.717, 1.165) is 23.7 Å². The number of carbonyl (C=O) groups excluding carboxylic acids is 1. The number of hydrogen-bond donors (Lipinski definition) is 2. The summed E-state index contributed by atoms with van der Waals surface area (Å²) in [7, 11) is 1.95. The second-order valence-electron chi connectivity index (χ2n) is 4.84. The fourth-order valence-electron chi connectivity index (χ4n) is 2.53. The fraction of sp³-hybridized carbons (Fsp3) is 0.500. The van der Waals surface area contributed by atoms with Crippen molar-refractivity contribution in [2.45, 2.75) is 37.8 Å². The lowest BCUT2D eigenvalue weighted by Crippen LogP contribution is -2.43. The van der Waals surface area contributed by atoms with Gasteiger partial charge in [0, 0.05) is 10.5 Å². The van der Waals surface area contributed by atoms with Crippen molar-refractivity contribution in [3.8, 4) is 5.75 Å². The molecule has 1 aromatic rings. The number of carbonyl (C=O) groups is 1. The Morgan fingerprint density at radius 1 is 1.42 bits per heavy atom. The molecule has 1 aromatic carbocycles. The van der Waals surface area contributed by atoms with Crippen LogP contribution in [0.1, 0.15) is 36.0 Å². The Morgan fingerprint density at radius 3 is 2.84 bits per heavy atom. The second kappa shape index (κ2) is 6.39. The molecular weight excluding hydrogens is 308 g/mol. The van der Waals surface area contributed by atoms with Gasteiger partial charge in [-0.3, -0.25) is 4.79 Å². The molecule has 0 aliphatic heterocycles. The Kier molecular flexibility index (Phi) is 4.82. The lowest BCUT2D eigenvalue weighted by atomic mass is 9.92. The first-order valence-electron chi connectivity index (χ1n) is 6.55. The van der Waals surface area contributed by atoms with Gasteiger partial charge in [-0.05, 0) is 44.5 Å². The summed E-state index contributed by atoms with van der Waals surface area (Å²) in [5.74, 6) is 0.107. The van der Waals surface area contributed by atoms with Gasteiger partial charge in [-0.25, -0.2) is 0 Å². The van der Waals surface area contributed by atoms with Crippen molar-refractivity contribution in [3.63, 3.8) is 0 Å². The van der Waals surface area contributed by atoms with E-state index in [0.29, 0.717) is 17.4 Å². The highest BCUT2D eigenvalue weighted by Gasteiger charge is 2.26. The third-order valence-corrected chi connectivity index (χ3v) is 4.05. The molecule has 5 heteroatoms. The zero-order valence-corrected chi connectivity index (χ0v) is 12.6. The van der Waals surface area contributed by atoms with Crippen molar-refractivity contribution in [3.05, 3.63) is 28.2 Å². The van der Waals surface area contributed by atoms with E-state index in [1.165, 1.54) is 6.42 Å². The zero-order valence-electron chi connectivity index (χ0n) is 11.0. The van der Waals surface area contributed by atoms with Crippen LogP contribution in [0, 0.1) is 0 Å². The molecule has 2 unspecified atom stereocenters. The van der Waals surface area contributed by atoms with Gasteiger partial charge >= 0.3 is 0 Å². The first-order chi connectivity index (χ1) is 9.11. The summed E-state index contributed by atoms with van der Waals surface area (Å²) in [4.78, 5) is 11.5. The van der Waals surface area contributed by atoms with Crippen LogP contribution in [0.4, 0.5) is 0 Å². The standard InChI is InChI=1S/C14H19BrN2O2/c1-17-11-4-2-3-5-13(11)19-12-7-6-9(15)8-10(12)14(16)18/h6-8,11,13,17H,2-5H2,1H3,(H2,16,18). The van der Waals surface area contributed by atoms with Crippen LogP contribution in [0.25, 0.3) is 0 Å². The number of ether oxygens (including phenoxy) is 1. The van der Waals surface area contributed by atoms with Crippen molar-refractivity contribution in [2.75, 3.05) is 7.05 Å². The third-order valence-electron chi connectivity index (χ3n) is 3.56. The first kappa shape index (κ1) is 14.3. The molecule has 1 aliphatic rings. The maximum atomic E-state index is 11.5. The van der Waals surface area contributed by atoms with E-state index in [1.807, 2.05) is 13.1 Å². The molecule has 0 aromatic heterocycles. The van der Waals surface area contributed by atoms with E-state index < -0.39 is 5.91 Å². The van der Waals surface area contributed by atoms with Gasteiger partial charge in [0.1, 0.15) is 11.9 Å². The Balaban J connectivity index is 2.20. The SMILES string of the molecule is CNC1CCCCC1Oc1ccc(Br)cc1C(N)=O. The van der Waals surface area contributed by atoms with Gasteiger partial charge in [-0.15, -0.1) is 0 Å². The summed E-state index contributed by atoms with van der Waals surface area (Å²) in [6.45, 7) is 0. The molecule has 2 atom stereocenters. The minimum Gasteiger partial charge on any atom is -0.488 e. The third kappa shape index (κ3) is 3.48. The highest BCUT2D eigenvalue weighted by molar-refractivity contribution is 9.10. The maximum absolute atomic E-state index is 11.5. The van der Waals surface area contributed by atoms with Crippen LogP contribution in [-0.2, 0) is 0 Å².